The summed E-state index contributed by atoms with van der Waals surface area (Å²) >= 11 is 1.02. The SMILES string of the molecule is O=C1S[C@H](Nc2ccccc2)C(=O)N1CCNc1ccccc1. The standard InChI is InChI=1S/C17H17N3O2S/c21-16-15(19-14-9-5-2-6-10-14)23-17(22)20(16)12-11-18-13-7-3-1-4-8-13/h1-10,15,18-19H,11-12H2/t15-/m0/s1. The Kier molecular flexibility index (Phi) is 4.83. The van der Waals surface area contributed by atoms with Crippen molar-refractivity contribution in [3.63, 3.8) is 0 Å². The summed E-state index contributed by atoms with van der Waals surface area (Å²) < 4.78 is 0. The van der Waals surface area contributed by atoms with Gasteiger partial charge in [0.1, 0.15) is 0 Å². The normalized spacial score (nSPS) is 17.4. The molecule has 1 fully saturated rings. The van der Waals surface area contributed by atoms with E-state index >= 15 is 0 Å². The zero-order chi connectivity index (χ0) is 16.1. The summed E-state index contributed by atoms with van der Waals surface area (Å²) in [6, 6.07) is 19.1. The first kappa shape index (κ1) is 15.4. The summed E-state index contributed by atoms with van der Waals surface area (Å²) in [7, 11) is 0. The van der Waals surface area contributed by atoms with Crippen molar-refractivity contribution in [2.24, 2.45) is 0 Å². The average molecular weight is 327 g/mol. The summed E-state index contributed by atoms with van der Waals surface area (Å²) in [5.41, 5.74) is 1.80. The number of para-hydroxylation sites is 2. The van der Waals surface area contributed by atoms with E-state index in [1.54, 1.807) is 0 Å². The maximum absolute atomic E-state index is 12.4. The van der Waals surface area contributed by atoms with Crippen LogP contribution in [0.1, 0.15) is 0 Å². The van der Waals surface area contributed by atoms with Gasteiger partial charge in [0.15, 0.2) is 5.37 Å². The molecule has 5 nitrogen and oxygen atoms in total. The molecule has 0 spiro atoms. The molecule has 2 N–H and O–H groups in total. The van der Waals surface area contributed by atoms with Crippen LogP contribution in [-0.4, -0.2) is 34.5 Å². The van der Waals surface area contributed by atoms with Crippen LogP contribution in [0.2, 0.25) is 0 Å². The van der Waals surface area contributed by atoms with Crippen LogP contribution >= 0.6 is 11.8 Å². The van der Waals surface area contributed by atoms with Crippen molar-refractivity contribution in [3.05, 3.63) is 60.7 Å². The van der Waals surface area contributed by atoms with E-state index in [0.29, 0.717) is 13.1 Å². The molecule has 1 aliphatic heterocycles. The van der Waals surface area contributed by atoms with Gasteiger partial charge in [0.2, 0.25) is 0 Å². The molecular weight excluding hydrogens is 310 g/mol. The number of nitrogens with zero attached hydrogens (tertiary/aromatic N) is 1. The predicted molar refractivity (Wildman–Crippen MR) is 93.5 cm³/mol. The number of benzene rings is 2. The lowest BCUT2D eigenvalue weighted by atomic mass is 10.3. The molecule has 1 saturated heterocycles. The van der Waals surface area contributed by atoms with Gasteiger partial charge in [-0.05, 0) is 36.0 Å². The molecule has 23 heavy (non-hydrogen) atoms. The topological polar surface area (TPSA) is 61.4 Å². The maximum atomic E-state index is 12.4. The Morgan fingerprint density at radius 1 is 0.913 bits per heavy atom. The minimum absolute atomic E-state index is 0.196. The fourth-order valence-corrected chi connectivity index (χ4v) is 3.23. The van der Waals surface area contributed by atoms with Crippen LogP contribution in [0.5, 0.6) is 0 Å². The lowest BCUT2D eigenvalue weighted by molar-refractivity contribution is -0.126. The highest BCUT2D eigenvalue weighted by molar-refractivity contribution is 8.15. The van der Waals surface area contributed by atoms with Crippen molar-refractivity contribution in [3.8, 4) is 0 Å². The van der Waals surface area contributed by atoms with Crippen molar-refractivity contribution < 1.29 is 9.59 Å². The summed E-state index contributed by atoms with van der Waals surface area (Å²) in [6.07, 6.45) is 0. The second-order valence-electron chi connectivity index (χ2n) is 5.06. The Labute approximate surface area is 139 Å². The summed E-state index contributed by atoms with van der Waals surface area (Å²) in [4.78, 5) is 25.7. The first-order chi connectivity index (χ1) is 11.2. The van der Waals surface area contributed by atoms with Gasteiger partial charge in [-0.15, -0.1) is 0 Å². The van der Waals surface area contributed by atoms with E-state index < -0.39 is 5.37 Å². The summed E-state index contributed by atoms with van der Waals surface area (Å²) in [6.45, 7) is 0.882. The number of imide groups is 1. The average Bonchev–Trinajstić information content (AvgIpc) is 2.84. The number of carbonyl (C=O) groups is 2. The van der Waals surface area contributed by atoms with Crippen LogP contribution in [0, 0.1) is 0 Å². The molecule has 118 valence electrons. The van der Waals surface area contributed by atoms with Crippen molar-refractivity contribution in [2.75, 3.05) is 23.7 Å². The molecule has 1 aliphatic rings. The van der Waals surface area contributed by atoms with Crippen LogP contribution in [0.3, 0.4) is 0 Å². The highest BCUT2D eigenvalue weighted by Gasteiger charge is 2.39. The van der Waals surface area contributed by atoms with E-state index in [2.05, 4.69) is 10.6 Å². The number of thioether (sulfide) groups is 1. The number of anilines is 2. The van der Waals surface area contributed by atoms with Gasteiger partial charge in [0, 0.05) is 24.5 Å². The van der Waals surface area contributed by atoms with E-state index in [1.807, 2.05) is 60.7 Å². The molecular formula is C17H17N3O2S. The molecule has 0 radical (unpaired) electrons. The van der Waals surface area contributed by atoms with Gasteiger partial charge in [-0.2, -0.15) is 0 Å². The number of rotatable bonds is 6. The van der Waals surface area contributed by atoms with Crippen LogP contribution in [0.15, 0.2) is 60.7 Å². The number of nitrogens with one attached hydrogen (secondary N) is 2. The maximum Gasteiger partial charge on any atom is 0.290 e. The molecule has 1 heterocycles. The fraction of sp³-hybridized carbons (Fsp3) is 0.176. The van der Waals surface area contributed by atoms with E-state index in [0.717, 1.165) is 23.1 Å². The smallest absolute Gasteiger partial charge is 0.290 e. The summed E-state index contributed by atoms with van der Waals surface area (Å²) in [5.74, 6) is -0.196. The number of carbonyl (C=O) groups excluding carboxylic acids is 2. The first-order valence-electron chi connectivity index (χ1n) is 7.36. The third kappa shape index (κ3) is 3.84. The highest BCUT2D eigenvalue weighted by Crippen LogP contribution is 2.27. The highest BCUT2D eigenvalue weighted by atomic mass is 32.2. The van der Waals surface area contributed by atoms with Gasteiger partial charge in [-0.3, -0.25) is 14.5 Å². The Hall–Kier alpha value is -2.47. The quantitative estimate of drug-likeness (QED) is 0.853. The number of hydrogen-bond donors (Lipinski definition) is 2. The molecule has 0 unspecified atom stereocenters. The molecule has 1 atom stereocenters. The molecule has 6 heteroatoms. The Morgan fingerprint density at radius 3 is 2.17 bits per heavy atom. The second-order valence-corrected chi connectivity index (χ2v) is 6.11. The molecule has 2 amide bonds. The zero-order valence-electron chi connectivity index (χ0n) is 12.4. The monoisotopic (exact) mass is 327 g/mol. The van der Waals surface area contributed by atoms with Crippen molar-refractivity contribution in [1.29, 1.82) is 0 Å². The van der Waals surface area contributed by atoms with Gasteiger partial charge >= 0.3 is 0 Å². The zero-order valence-corrected chi connectivity index (χ0v) is 13.3. The van der Waals surface area contributed by atoms with Gasteiger partial charge in [-0.1, -0.05) is 36.4 Å². The minimum atomic E-state index is -0.554. The van der Waals surface area contributed by atoms with Crippen molar-refractivity contribution in [1.82, 2.24) is 4.90 Å². The summed E-state index contributed by atoms with van der Waals surface area (Å²) in [5, 5.41) is 5.53. The largest absolute Gasteiger partial charge is 0.383 e. The van der Waals surface area contributed by atoms with Crippen LogP contribution < -0.4 is 10.6 Å². The second kappa shape index (κ2) is 7.19. The van der Waals surface area contributed by atoms with Gasteiger partial charge in [-0.25, -0.2) is 0 Å². The predicted octanol–water partition coefficient (Wildman–Crippen LogP) is 3.23. The van der Waals surface area contributed by atoms with Crippen LogP contribution in [0.4, 0.5) is 16.2 Å². The van der Waals surface area contributed by atoms with E-state index in [1.165, 1.54) is 4.90 Å². The van der Waals surface area contributed by atoms with E-state index in [4.69, 9.17) is 0 Å². The minimum Gasteiger partial charge on any atom is -0.383 e. The fourth-order valence-electron chi connectivity index (χ4n) is 2.29. The van der Waals surface area contributed by atoms with Crippen LogP contribution in [0.25, 0.3) is 0 Å². The molecule has 0 aromatic heterocycles. The van der Waals surface area contributed by atoms with Crippen molar-refractivity contribution >= 4 is 34.3 Å². The number of hydrogen-bond acceptors (Lipinski definition) is 5. The van der Waals surface area contributed by atoms with Crippen molar-refractivity contribution in [2.45, 2.75) is 5.37 Å². The van der Waals surface area contributed by atoms with Gasteiger partial charge in [0.05, 0.1) is 0 Å². The molecule has 0 bridgehead atoms. The first-order valence-corrected chi connectivity index (χ1v) is 8.24. The third-order valence-corrected chi connectivity index (χ3v) is 4.42. The molecule has 2 aromatic carbocycles. The molecule has 3 rings (SSSR count). The number of amides is 2. The molecule has 0 aliphatic carbocycles. The Bertz CT molecular complexity index is 679. The van der Waals surface area contributed by atoms with Gasteiger partial charge in [0.25, 0.3) is 11.1 Å². The molecule has 2 aromatic rings. The van der Waals surface area contributed by atoms with E-state index in [9.17, 15) is 9.59 Å². The van der Waals surface area contributed by atoms with Gasteiger partial charge < -0.3 is 10.6 Å². The lowest BCUT2D eigenvalue weighted by Crippen LogP contribution is -2.37. The third-order valence-electron chi connectivity index (χ3n) is 3.44. The molecule has 0 saturated carbocycles. The Balaban J connectivity index is 1.54. The lowest BCUT2D eigenvalue weighted by Gasteiger charge is -2.15. The Morgan fingerprint density at radius 2 is 1.52 bits per heavy atom. The van der Waals surface area contributed by atoms with E-state index in [-0.39, 0.29) is 11.1 Å². The van der Waals surface area contributed by atoms with Crippen LogP contribution in [-0.2, 0) is 4.79 Å².